The van der Waals surface area contributed by atoms with Crippen LogP contribution in [-0.4, -0.2) is 34.7 Å². The summed E-state index contributed by atoms with van der Waals surface area (Å²) >= 11 is 0. The lowest BCUT2D eigenvalue weighted by Crippen LogP contribution is -2.16. The summed E-state index contributed by atoms with van der Waals surface area (Å²) in [6, 6.07) is 18.3. The minimum atomic E-state index is -0.631. The van der Waals surface area contributed by atoms with E-state index >= 15 is 0 Å². The SMILES string of the molecule is Cc1cc(C(=O)COC(=O)c2ccc3ccccc3n2)c(C)n1-c1ccc2c(c1)OCO2. The fourth-order valence-electron chi connectivity index (χ4n) is 3.93. The predicted molar refractivity (Wildman–Crippen MR) is 118 cm³/mol. The van der Waals surface area contributed by atoms with Crippen LogP contribution in [0.2, 0.25) is 0 Å². The molecule has 3 heterocycles. The van der Waals surface area contributed by atoms with E-state index in [1.54, 1.807) is 18.2 Å². The molecule has 1 aliphatic rings. The lowest BCUT2D eigenvalue weighted by molar-refractivity contribution is 0.0469. The Hall–Kier alpha value is -4.13. The number of para-hydroxylation sites is 1. The molecule has 0 saturated carbocycles. The van der Waals surface area contributed by atoms with Crippen molar-refractivity contribution in [1.29, 1.82) is 0 Å². The summed E-state index contributed by atoms with van der Waals surface area (Å²) in [4.78, 5) is 29.6. The third-order valence-corrected chi connectivity index (χ3v) is 5.49. The first-order chi connectivity index (χ1) is 15.5. The molecule has 7 nitrogen and oxygen atoms in total. The van der Waals surface area contributed by atoms with Crippen LogP contribution in [0, 0.1) is 13.8 Å². The Morgan fingerprint density at radius 3 is 2.69 bits per heavy atom. The van der Waals surface area contributed by atoms with E-state index in [9.17, 15) is 9.59 Å². The molecule has 0 radical (unpaired) electrons. The van der Waals surface area contributed by atoms with Crippen LogP contribution in [-0.2, 0) is 4.74 Å². The van der Waals surface area contributed by atoms with E-state index in [1.807, 2.05) is 60.9 Å². The highest BCUT2D eigenvalue weighted by atomic mass is 16.7. The zero-order valence-corrected chi connectivity index (χ0v) is 17.6. The monoisotopic (exact) mass is 428 g/mol. The normalized spacial score (nSPS) is 12.2. The Kier molecular flexibility index (Phi) is 4.86. The summed E-state index contributed by atoms with van der Waals surface area (Å²) in [7, 11) is 0. The van der Waals surface area contributed by atoms with E-state index in [4.69, 9.17) is 14.2 Å². The van der Waals surface area contributed by atoms with Crippen LogP contribution < -0.4 is 9.47 Å². The molecule has 0 N–H and O–H groups in total. The molecule has 0 atom stereocenters. The van der Waals surface area contributed by atoms with Crippen molar-refractivity contribution in [2.45, 2.75) is 13.8 Å². The van der Waals surface area contributed by atoms with Gasteiger partial charge in [0.1, 0.15) is 5.69 Å². The summed E-state index contributed by atoms with van der Waals surface area (Å²) in [5, 5.41) is 0.927. The number of rotatable bonds is 5. The van der Waals surface area contributed by atoms with Gasteiger partial charge in [0.15, 0.2) is 18.1 Å². The fraction of sp³-hybridized carbons (Fsp3) is 0.160. The molecule has 32 heavy (non-hydrogen) atoms. The number of aromatic nitrogens is 2. The van der Waals surface area contributed by atoms with Crippen LogP contribution in [0.15, 0.2) is 60.7 Å². The van der Waals surface area contributed by atoms with Crippen molar-refractivity contribution < 1.29 is 23.8 Å². The molecule has 0 spiro atoms. The molecule has 1 aliphatic heterocycles. The molecular weight excluding hydrogens is 408 g/mol. The van der Waals surface area contributed by atoms with Gasteiger partial charge in [0.25, 0.3) is 0 Å². The first kappa shape index (κ1) is 19.8. The quantitative estimate of drug-likeness (QED) is 0.346. The third-order valence-electron chi connectivity index (χ3n) is 5.49. The summed E-state index contributed by atoms with van der Waals surface area (Å²) in [5.74, 6) is 0.453. The van der Waals surface area contributed by atoms with E-state index in [0.29, 0.717) is 22.6 Å². The van der Waals surface area contributed by atoms with E-state index in [0.717, 1.165) is 22.5 Å². The van der Waals surface area contributed by atoms with Gasteiger partial charge in [0.05, 0.1) is 5.52 Å². The molecule has 0 unspecified atom stereocenters. The van der Waals surface area contributed by atoms with Gasteiger partial charge >= 0.3 is 5.97 Å². The number of pyridine rings is 1. The standard InChI is InChI=1S/C25H20N2O5/c1-15-11-19(16(2)27(15)18-8-10-23-24(12-18)32-14-31-23)22(28)13-30-25(29)21-9-7-17-5-3-4-6-20(17)26-21/h3-12H,13-14H2,1-2H3. The Bertz CT molecular complexity index is 1370. The van der Waals surface area contributed by atoms with Crippen molar-refractivity contribution in [2.24, 2.45) is 0 Å². The van der Waals surface area contributed by atoms with Gasteiger partial charge in [-0.3, -0.25) is 4.79 Å². The number of hydrogen-bond acceptors (Lipinski definition) is 6. The maximum atomic E-state index is 12.8. The predicted octanol–water partition coefficient (Wildman–Crippen LogP) is 4.41. The molecule has 4 aromatic rings. The zero-order valence-electron chi connectivity index (χ0n) is 17.6. The molecule has 0 fully saturated rings. The Balaban J connectivity index is 1.33. The lowest BCUT2D eigenvalue weighted by atomic mass is 10.1. The average molecular weight is 428 g/mol. The van der Waals surface area contributed by atoms with Gasteiger partial charge < -0.3 is 18.8 Å². The molecule has 0 bridgehead atoms. The van der Waals surface area contributed by atoms with Gasteiger partial charge in [-0.1, -0.05) is 24.3 Å². The number of hydrogen-bond donors (Lipinski definition) is 0. The van der Waals surface area contributed by atoms with Crippen LogP contribution >= 0.6 is 0 Å². The first-order valence-corrected chi connectivity index (χ1v) is 10.2. The highest BCUT2D eigenvalue weighted by Crippen LogP contribution is 2.35. The smallest absolute Gasteiger partial charge is 0.357 e. The van der Waals surface area contributed by atoms with Crippen molar-refractivity contribution in [3.05, 3.63) is 83.3 Å². The van der Waals surface area contributed by atoms with Gasteiger partial charge in [-0.15, -0.1) is 0 Å². The number of carbonyl (C=O) groups is 2. The van der Waals surface area contributed by atoms with Crippen LogP contribution in [0.25, 0.3) is 16.6 Å². The average Bonchev–Trinajstić information content (AvgIpc) is 3.39. The molecule has 0 amide bonds. The highest BCUT2D eigenvalue weighted by molar-refractivity contribution is 6.00. The van der Waals surface area contributed by atoms with Gasteiger partial charge in [-0.2, -0.15) is 0 Å². The van der Waals surface area contributed by atoms with Crippen molar-refractivity contribution >= 4 is 22.7 Å². The highest BCUT2D eigenvalue weighted by Gasteiger charge is 2.21. The molecule has 7 heteroatoms. The van der Waals surface area contributed by atoms with Crippen molar-refractivity contribution in [2.75, 3.05) is 13.4 Å². The topological polar surface area (TPSA) is 79.7 Å². The maximum absolute atomic E-state index is 12.8. The van der Waals surface area contributed by atoms with Crippen LogP contribution in [0.1, 0.15) is 32.2 Å². The summed E-state index contributed by atoms with van der Waals surface area (Å²) in [6.07, 6.45) is 0. The van der Waals surface area contributed by atoms with Gasteiger partial charge in [0, 0.05) is 34.1 Å². The summed E-state index contributed by atoms with van der Waals surface area (Å²) in [5.41, 5.74) is 3.86. The molecular formula is C25H20N2O5. The van der Waals surface area contributed by atoms with E-state index < -0.39 is 5.97 Å². The molecule has 160 valence electrons. The maximum Gasteiger partial charge on any atom is 0.357 e. The molecule has 2 aromatic carbocycles. The number of carbonyl (C=O) groups excluding carboxylic acids is 2. The number of Topliss-reactive ketones (excluding diaryl/α,β-unsaturated/α-hetero) is 1. The largest absolute Gasteiger partial charge is 0.454 e. The van der Waals surface area contributed by atoms with Crippen LogP contribution in [0.5, 0.6) is 11.5 Å². The molecule has 2 aromatic heterocycles. The lowest BCUT2D eigenvalue weighted by Gasteiger charge is -2.11. The Labute approximate surface area is 184 Å². The number of nitrogens with zero attached hydrogens (tertiary/aromatic N) is 2. The van der Waals surface area contributed by atoms with Gasteiger partial charge in [-0.05, 0) is 44.2 Å². The second-order valence-corrected chi connectivity index (χ2v) is 7.55. The van der Waals surface area contributed by atoms with Crippen LogP contribution in [0.3, 0.4) is 0 Å². The first-order valence-electron chi connectivity index (χ1n) is 10.2. The van der Waals surface area contributed by atoms with Crippen LogP contribution in [0.4, 0.5) is 0 Å². The zero-order chi connectivity index (χ0) is 22.2. The molecule has 5 rings (SSSR count). The fourth-order valence-corrected chi connectivity index (χ4v) is 3.93. The Morgan fingerprint density at radius 1 is 1.00 bits per heavy atom. The number of ketones is 1. The molecule has 0 aliphatic carbocycles. The van der Waals surface area contributed by atoms with E-state index in [1.165, 1.54) is 0 Å². The Morgan fingerprint density at radius 2 is 1.81 bits per heavy atom. The number of esters is 1. The number of fused-ring (bicyclic) bond motifs is 2. The summed E-state index contributed by atoms with van der Waals surface area (Å²) < 4.78 is 18.1. The number of aryl methyl sites for hydroxylation is 1. The van der Waals surface area contributed by atoms with E-state index in [2.05, 4.69) is 4.98 Å². The van der Waals surface area contributed by atoms with Crippen molar-refractivity contribution in [3.8, 4) is 17.2 Å². The minimum Gasteiger partial charge on any atom is -0.454 e. The van der Waals surface area contributed by atoms with Crippen molar-refractivity contribution in [1.82, 2.24) is 9.55 Å². The number of benzene rings is 2. The summed E-state index contributed by atoms with van der Waals surface area (Å²) in [6.45, 7) is 3.61. The second kappa shape index (κ2) is 7.85. The minimum absolute atomic E-state index is 0.169. The van der Waals surface area contributed by atoms with Crippen molar-refractivity contribution in [3.63, 3.8) is 0 Å². The van der Waals surface area contributed by atoms with Gasteiger partial charge in [-0.25, -0.2) is 9.78 Å². The molecule has 0 saturated heterocycles. The van der Waals surface area contributed by atoms with Gasteiger partial charge in [0.2, 0.25) is 12.6 Å². The van der Waals surface area contributed by atoms with E-state index in [-0.39, 0.29) is 24.9 Å². The third kappa shape index (κ3) is 3.47. The second-order valence-electron chi connectivity index (χ2n) is 7.55. The number of ether oxygens (including phenoxy) is 3.